The molecule has 0 spiro atoms. The third-order valence-corrected chi connectivity index (χ3v) is 7.40. The zero-order valence-corrected chi connectivity index (χ0v) is 19.6. The summed E-state index contributed by atoms with van der Waals surface area (Å²) in [6.07, 6.45) is 5.20. The van der Waals surface area contributed by atoms with E-state index in [0.29, 0.717) is 26.3 Å². The van der Waals surface area contributed by atoms with Crippen LogP contribution in [0, 0.1) is 5.82 Å². The van der Waals surface area contributed by atoms with E-state index in [4.69, 9.17) is 4.74 Å². The maximum absolute atomic E-state index is 13.1. The van der Waals surface area contributed by atoms with Crippen LogP contribution >= 0.6 is 0 Å². The van der Waals surface area contributed by atoms with Gasteiger partial charge in [0.1, 0.15) is 5.82 Å². The summed E-state index contributed by atoms with van der Waals surface area (Å²) in [5.41, 5.74) is 0. The molecule has 0 unspecified atom stereocenters. The van der Waals surface area contributed by atoms with Gasteiger partial charge in [-0.25, -0.2) is 17.5 Å². The van der Waals surface area contributed by atoms with Crippen molar-refractivity contribution < 1.29 is 27.1 Å². The Balaban J connectivity index is 1.58. The van der Waals surface area contributed by atoms with Gasteiger partial charge in [-0.05, 0) is 37.1 Å². The summed E-state index contributed by atoms with van der Waals surface area (Å²) in [6.45, 7) is 2.98. The van der Waals surface area contributed by atoms with E-state index in [2.05, 4.69) is 14.9 Å². The Morgan fingerprint density at radius 2 is 1.76 bits per heavy atom. The van der Waals surface area contributed by atoms with Gasteiger partial charge in [-0.1, -0.05) is 19.3 Å². The molecule has 2 amide bonds. The van der Waals surface area contributed by atoms with Crippen molar-refractivity contribution in [2.45, 2.75) is 43.0 Å². The molecule has 2 fully saturated rings. The molecule has 1 aromatic carbocycles. The van der Waals surface area contributed by atoms with Gasteiger partial charge >= 0.3 is 0 Å². The van der Waals surface area contributed by atoms with Crippen LogP contribution in [0.2, 0.25) is 0 Å². The molecule has 1 saturated carbocycles. The maximum Gasteiger partial charge on any atom is 0.241 e. The van der Waals surface area contributed by atoms with Crippen molar-refractivity contribution in [3.05, 3.63) is 30.1 Å². The van der Waals surface area contributed by atoms with E-state index in [1.165, 1.54) is 11.3 Å². The molecule has 184 valence electrons. The molecule has 33 heavy (non-hydrogen) atoms. The molecule has 1 aromatic rings. The zero-order valence-electron chi connectivity index (χ0n) is 18.8. The van der Waals surface area contributed by atoms with Crippen LogP contribution in [-0.2, 0) is 24.3 Å². The maximum atomic E-state index is 13.1. The van der Waals surface area contributed by atoms with Gasteiger partial charge in [-0.3, -0.25) is 14.5 Å². The second-order valence-electron chi connectivity index (χ2n) is 8.45. The molecular weight excluding hydrogens is 451 g/mol. The van der Waals surface area contributed by atoms with E-state index in [9.17, 15) is 22.4 Å². The molecule has 2 aliphatic rings. The zero-order chi connectivity index (χ0) is 23.7. The second-order valence-corrected chi connectivity index (χ2v) is 10.2. The summed E-state index contributed by atoms with van der Waals surface area (Å²) >= 11 is 0. The van der Waals surface area contributed by atoms with E-state index in [0.717, 1.165) is 63.0 Å². The lowest BCUT2D eigenvalue weighted by molar-refractivity contribution is -0.135. The standard InChI is InChI=1S/C22H33FN4O5S/c23-18-6-8-20(9-7-18)33(30,31)24-16-22(29)27(11-10-26-12-14-32-15-13-26)17-21(28)25-19-4-2-1-3-5-19/h6-9,19,24H,1-5,10-17H2,(H,25,28). The van der Waals surface area contributed by atoms with Crippen LogP contribution in [0.25, 0.3) is 0 Å². The minimum Gasteiger partial charge on any atom is -0.379 e. The Labute approximate surface area is 194 Å². The average Bonchev–Trinajstić information content (AvgIpc) is 2.82. The number of benzene rings is 1. The lowest BCUT2D eigenvalue weighted by atomic mass is 9.95. The van der Waals surface area contributed by atoms with Gasteiger partial charge in [0.25, 0.3) is 0 Å². The molecule has 0 bridgehead atoms. The third kappa shape index (κ3) is 8.33. The van der Waals surface area contributed by atoms with Gasteiger partial charge in [-0.15, -0.1) is 0 Å². The Morgan fingerprint density at radius 3 is 2.42 bits per heavy atom. The van der Waals surface area contributed by atoms with Crippen LogP contribution in [0.15, 0.2) is 29.2 Å². The number of halogens is 1. The average molecular weight is 485 g/mol. The summed E-state index contributed by atoms with van der Waals surface area (Å²) in [5, 5.41) is 3.01. The molecule has 1 aliphatic heterocycles. The van der Waals surface area contributed by atoms with Crippen molar-refractivity contribution in [1.82, 2.24) is 19.8 Å². The fraction of sp³-hybridized carbons (Fsp3) is 0.636. The Hall–Kier alpha value is -2.08. The molecule has 3 rings (SSSR count). The first kappa shape index (κ1) is 25.5. The highest BCUT2D eigenvalue weighted by molar-refractivity contribution is 7.89. The summed E-state index contributed by atoms with van der Waals surface area (Å²) in [6, 6.07) is 4.48. The summed E-state index contributed by atoms with van der Waals surface area (Å²) in [5.74, 6) is -1.28. The second kappa shape index (κ2) is 12.4. The normalized spacial score (nSPS) is 18.1. The number of amides is 2. The number of ether oxygens (including phenoxy) is 1. The van der Waals surface area contributed by atoms with Crippen molar-refractivity contribution >= 4 is 21.8 Å². The molecule has 2 N–H and O–H groups in total. The first-order valence-electron chi connectivity index (χ1n) is 11.5. The van der Waals surface area contributed by atoms with E-state index in [1.807, 2.05) is 0 Å². The number of nitrogens with one attached hydrogen (secondary N) is 2. The Bertz CT molecular complexity index is 885. The third-order valence-electron chi connectivity index (χ3n) is 5.98. The van der Waals surface area contributed by atoms with Crippen molar-refractivity contribution in [1.29, 1.82) is 0 Å². The molecule has 9 nitrogen and oxygen atoms in total. The number of hydrogen-bond acceptors (Lipinski definition) is 6. The number of rotatable bonds is 10. The largest absolute Gasteiger partial charge is 0.379 e. The topological polar surface area (TPSA) is 108 Å². The first-order valence-corrected chi connectivity index (χ1v) is 12.9. The van der Waals surface area contributed by atoms with E-state index in [-0.39, 0.29) is 23.4 Å². The number of sulfonamides is 1. The molecule has 0 radical (unpaired) electrons. The lowest BCUT2D eigenvalue weighted by Gasteiger charge is -2.30. The number of hydrogen-bond donors (Lipinski definition) is 2. The van der Waals surface area contributed by atoms with Gasteiger partial charge in [-0.2, -0.15) is 0 Å². The fourth-order valence-corrected chi connectivity index (χ4v) is 5.01. The molecular formula is C22H33FN4O5S. The molecule has 1 heterocycles. The highest BCUT2D eigenvalue weighted by Gasteiger charge is 2.23. The van der Waals surface area contributed by atoms with Crippen molar-refractivity contribution in [3.8, 4) is 0 Å². The molecule has 11 heteroatoms. The Kier molecular flexibility index (Phi) is 9.60. The number of nitrogens with zero attached hydrogens (tertiary/aromatic N) is 2. The Morgan fingerprint density at radius 1 is 1.09 bits per heavy atom. The lowest BCUT2D eigenvalue weighted by Crippen LogP contribution is -2.50. The SMILES string of the molecule is O=C(CN(CCN1CCOCC1)C(=O)CNS(=O)(=O)c1ccc(F)cc1)NC1CCCCC1. The van der Waals surface area contributed by atoms with Gasteiger partial charge in [0.15, 0.2) is 0 Å². The molecule has 0 aromatic heterocycles. The van der Waals surface area contributed by atoms with E-state index in [1.54, 1.807) is 0 Å². The van der Waals surface area contributed by atoms with Crippen LogP contribution in [0.5, 0.6) is 0 Å². The van der Waals surface area contributed by atoms with Crippen LogP contribution < -0.4 is 10.0 Å². The van der Waals surface area contributed by atoms with Gasteiger partial charge in [0.2, 0.25) is 21.8 Å². The molecule has 0 atom stereocenters. The molecule has 1 aliphatic carbocycles. The summed E-state index contributed by atoms with van der Waals surface area (Å²) in [4.78, 5) is 28.9. The fourth-order valence-electron chi connectivity index (χ4n) is 4.04. The monoisotopic (exact) mass is 484 g/mol. The first-order chi connectivity index (χ1) is 15.8. The van der Waals surface area contributed by atoms with Crippen molar-refractivity contribution in [2.75, 3.05) is 52.5 Å². The van der Waals surface area contributed by atoms with Gasteiger partial charge in [0, 0.05) is 32.2 Å². The van der Waals surface area contributed by atoms with Crippen molar-refractivity contribution in [2.24, 2.45) is 0 Å². The number of carbonyl (C=O) groups excluding carboxylic acids is 2. The predicted octanol–water partition coefficient (Wildman–Crippen LogP) is 0.714. The molecule has 1 saturated heterocycles. The smallest absolute Gasteiger partial charge is 0.241 e. The van der Waals surface area contributed by atoms with Crippen LogP contribution in [0.3, 0.4) is 0 Å². The van der Waals surface area contributed by atoms with Crippen LogP contribution in [-0.4, -0.2) is 88.6 Å². The van der Waals surface area contributed by atoms with E-state index >= 15 is 0 Å². The van der Waals surface area contributed by atoms with Gasteiger partial charge in [0.05, 0.1) is 31.2 Å². The van der Waals surface area contributed by atoms with Crippen LogP contribution in [0.1, 0.15) is 32.1 Å². The summed E-state index contributed by atoms with van der Waals surface area (Å²) < 4.78 is 45.6. The minimum absolute atomic E-state index is 0.124. The predicted molar refractivity (Wildman–Crippen MR) is 120 cm³/mol. The van der Waals surface area contributed by atoms with E-state index < -0.39 is 28.3 Å². The van der Waals surface area contributed by atoms with Crippen LogP contribution in [0.4, 0.5) is 4.39 Å². The van der Waals surface area contributed by atoms with Crippen molar-refractivity contribution in [3.63, 3.8) is 0 Å². The quantitative estimate of drug-likeness (QED) is 0.507. The number of morpholine rings is 1. The highest BCUT2D eigenvalue weighted by Crippen LogP contribution is 2.17. The minimum atomic E-state index is -3.98. The number of carbonyl (C=O) groups is 2. The highest BCUT2D eigenvalue weighted by atomic mass is 32.2. The van der Waals surface area contributed by atoms with Gasteiger partial charge < -0.3 is 15.0 Å². The summed E-state index contributed by atoms with van der Waals surface area (Å²) in [7, 11) is -3.98.